The van der Waals surface area contributed by atoms with Crippen LogP contribution in [0, 0.1) is 0 Å². The first kappa shape index (κ1) is 19.2. The molecule has 5 rings (SSSR count). The fraction of sp³-hybridized carbons (Fsp3) is 0.0800. The third kappa shape index (κ3) is 3.20. The summed E-state index contributed by atoms with van der Waals surface area (Å²) in [6.45, 7) is 0. The number of hydrogen-bond acceptors (Lipinski definition) is 3. The van der Waals surface area contributed by atoms with Crippen LogP contribution in [0.4, 0.5) is 13.2 Å². The number of nitrogens with zero attached hydrogens (tertiary/aromatic N) is 1. The molecular formula is C25H16F3NO2. The molecule has 3 nitrogen and oxygen atoms in total. The lowest BCUT2D eigenvalue weighted by Gasteiger charge is -2.16. The number of benzene rings is 3. The Kier molecular flexibility index (Phi) is 4.25. The predicted molar refractivity (Wildman–Crippen MR) is 112 cm³/mol. The van der Waals surface area contributed by atoms with Gasteiger partial charge < -0.3 is 10.2 Å². The summed E-state index contributed by atoms with van der Waals surface area (Å²) in [4.78, 5) is 4.62. The molecule has 4 aromatic rings. The normalized spacial score (nSPS) is 12.5. The Morgan fingerprint density at radius 2 is 1.48 bits per heavy atom. The highest BCUT2D eigenvalue weighted by Gasteiger charge is 2.34. The second-order valence-electron chi connectivity index (χ2n) is 7.46. The Bertz CT molecular complexity index is 1330. The fourth-order valence-electron chi connectivity index (χ4n) is 4.16. The number of rotatable bonds is 2. The van der Waals surface area contributed by atoms with Gasteiger partial charge in [0.2, 0.25) is 0 Å². The summed E-state index contributed by atoms with van der Waals surface area (Å²) in [6.07, 6.45) is -4.13. The van der Waals surface area contributed by atoms with Crippen molar-refractivity contribution in [2.45, 2.75) is 12.6 Å². The Labute approximate surface area is 176 Å². The Hall–Kier alpha value is -3.80. The minimum atomic E-state index is -4.53. The molecule has 0 spiro atoms. The van der Waals surface area contributed by atoms with Gasteiger partial charge in [0.15, 0.2) is 0 Å². The molecule has 1 aliphatic carbocycles. The van der Waals surface area contributed by atoms with Crippen molar-refractivity contribution in [3.8, 4) is 45.1 Å². The molecule has 1 aliphatic rings. The average molecular weight is 419 g/mol. The zero-order valence-electron chi connectivity index (χ0n) is 16.1. The number of pyridine rings is 1. The average Bonchev–Trinajstić information content (AvgIpc) is 3.13. The molecule has 6 heteroatoms. The number of aromatic hydroxyl groups is 2. The third-order valence-corrected chi connectivity index (χ3v) is 5.55. The van der Waals surface area contributed by atoms with Crippen LogP contribution in [0.3, 0.4) is 0 Å². The highest BCUT2D eigenvalue weighted by molar-refractivity contribution is 5.87. The number of aromatic nitrogens is 1. The van der Waals surface area contributed by atoms with Gasteiger partial charge in [-0.25, -0.2) is 4.98 Å². The molecule has 1 heterocycles. The van der Waals surface area contributed by atoms with E-state index in [2.05, 4.69) is 4.98 Å². The van der Waals surface area contributed by atoms with E-state index in [9.17, 15) is 23.4 Å². The summed E-state index contributed by atoms with van der Waals surface area (Å²) in [6, 6.07) is 18.6. The van der Waals surface area contributed by atoms with Gasteiger partial charge in [0, 0.05) is 23.1 Å². The fourth-order valence-corrected chi connectivity index (χ4v) is 4.16. The van der Waals surface area contributed by atoms with Crippen molar-refractivity contribution in [1.29, 1.82) is 0 Å². The number of fused-ring (bicyclic) bond motifs is 3. The lowest BCUT2D eigenvalue weighted by molar-refractivity contribution is -0.137. The second kappa shape index (κ2) is 6.87. The summed E-state index contributed by atoms with van der Waals surface area (Å²) >= 11 is 0. The first-order valence-electron chi connectivity index (χ1n) is 9.64. The van der Waals surface area contributed by atoms with Gasteiger partial charge in [-0.3, -0.25) is 0 Å². The molecule has 0 amide bonds. The van der Waals surface area contributed by atoms with Crippen LogP contribution in [0.1, 0.15) is 16.7 Å². The van der Waals surface area contributed by atoms with Crippen molar-refractivity contribution in [1.82, 2.24) is 4.98 Å². The lowest BCUT2D eigenvalue weighted by atomic mass is 9.94. The maximum absolute atomic E-state index is 13.7. The van der Waals surface area contributed by atoms with Gasteiger partial charge in [0.1, 0.15) is 11.5 Å². The van der Waals surface area contributed by atoms with Crippen LogP contribution in [0.25, 0.3) is 33.6 Å². The molecule has 0 saturated heterocycles. The minimum absolute atomic E-state index is 0.0205. The number of hydrogen-bond donors (Lipinski definition) is 2. The van der Waals surface area contributed by atoms with E-state index in [0.29, 0.717) is 34.4 Å². The number of phenolic OH excluding ortho intramolecular Hbond substituents is 2. The zero-order valence-corrected chi connectivity index (χ0v) is 16.1. The van der Waals surface area contributed by atoms with Crippen LogP contribution >= 0.6 is 0 Å². The van der Waals surface area contributed by atoms with Crippen molar-refractivity contribution in [3.05, 3.63) is 89.5 Å². The van der Waals surface area contributed by atoms with E-state index in [1.807, 2.05) is 0 Å². The van der Waals surface area contributed by atoms with Crippen molar-refractivity contribution in [3.63, 3.8) is 0 Å². The zero-order chi connectivity index (χ0) is 21.8. The standard InChI is InChI=1S/C25H16F3NO2/c26-25(27,28)21-9-2-1-7-17(21)22-13-18(14-5-3-6-15(30)11-14)20-12-19-16(24(20)29-22)8-4-10-23(19)31/h1-11,13,30-31H,12H2. The highest BCUT2D eigenvalue weighted by Crippen LogP contribution is 2.46. The molecule has 0 bridgehead atoms. The minimum Gasteiger partial charge on any atom is -0.508 e. The van der Waals surface area contributed by atoms with E-state index in [-0.39, 0.29) is 22.8 Å². The van der Waals surface area contributed by atoms with Crippen LogP contribution in [0.15, 0.2) is 72.8 Å². The van der Waals surface area contributed by atoms with Crippen LogP contribution in [-0.2, 0) is 12.6 Å². The maximum atomic E-state index is 13.7. The third-order valence-electron chi connectivity index (χ3n) is 5.55. The van der Waals surface area contributed by atoms with Gasteiger partial charge in [-0.15, -0.1) is 0 Å². The second-order valence-corrected chi connectivity index (χ2v) is 7.46. The largest absolute Gasteiger partial charge is 0.508 e. The van der Waals surface area contributed by atoms with Gasteiger partial charge in [-0.1, -0.05) is 42.5 Å². The van der Waals surface area contributed by atoms with Crippen LogP contribution in [-0.4, -0.2) is 15.2 Å². The van der Waals surface area contributed by atoms with Crippen LogP contribution < -0.4 is 0 Å². The molecule has 0 atom stereocenters. The van der Waals surface area contributed by atoms with E-state index in [4.69, 9.17) is 0 Å². The van der Waals surface area contributed by atoms with Gasteiger partial charge >= 0.3 is 6.18 Å². The molecule has 2 N–H and O–H groups in total. The molecule has 1 aromatic heterocycles. The van der Waals surface area contributed by atoms with Crippen LogP contribution in [0.2, 0.25) is 0 Å². The number of halogens is 3. The first-order valence-corrected chi connectivity index (χ1v) is 9.64. The van der Waals surface area contributed by atoms with E-state index < -0.39 is 11.7 Å². The molecule has 0 fully saturated rings. The van der Waals surface area contributed by atoms with Crippen molar-refractivity contribution >= 4 is 0 Å². The van der Waals surface area contributed by atoms with Gasteiger partial charge in [0.25, 0.3) is 0 Å². The monoisotopic (exact) mass is 419 g/mol. The highest BCUT2D eigenvalue weighted by atomic mass is 19.4. The Balaban J connectivity index is 1.82. The lowest BCUT2D eigenvalue weighted by Crippen LogP contribution is -2.07. The smallest absolute Gasteiger partial charge is 0.417 e. The van der Waals surface area contributed by atoms with E-state index >= 15 is 0 Å². The SMILES string of the molecule is Oc1cccc(-c2cc(-c3ccccc3C(F)(F)F)nc3c2Cc2c(O)cccc2-3)c1. The van der Waals surface area contributed by atoms with Gasteiger partial charge in [-0.05, 0) is 47.0 Å². The molecule has 0 saturated carbocycles. The molecule has 0 radical (unpaired) electrons. The van der Waals surface area contributed by atoms with E-state index in [1.165, 1.54) is 18.2 Å². The Morgan fingerprint density at radius 3 is 2.26 bits per heavy atom. The molecule has 154 valence electrons. The molecular weight excluding hydrogens is 403 g/mol. The quantitative estimate of drug-likeness (QED) is 0.347. The van der Waals surface area contributed by atoms with E-state index in [1.54, 1.807) is 48.5 Å². The number of alkyl halides is 3. The summed E-state index contributed by atoms with van der Waals surface area (Å²) in [5.41, 5.74) is 3.46. The summed E-state index contributed by atoms with van der Waals surface area (Å²) in [5.74, 6) is 0.174. The first-order chi connectivity index (χ1) is 14.8. The van der Waals surface area contributed by atoms with Crippen molar-refractivity contribution < 1.29 is 23.4 Å². The van der Waals surface area contributed by atoms with Gasteiger partial charge in [0.05, 0.1) is 17.0 Å². The summed E-state index contributed by atoms with van der Waals surface area (Å²) < 4.78 is 41.0. The van der Waals surface area contributed by atoms with E-state index in [0.717, 1.165) is 11.6 Å². The van der Waals surface area contributed by atoms with Gasteiger partial charge in [-0.2, -0.15) is 13.2 Å². The topological polar surface area (TPSA) is 53.4 Å². The Morgan fingerprint density at radius 1 is 0.742 bits per heavy atom. The molecule has 31 heavy (non-hydrogen) atoms. The summed E-state index contributed by atoms with van der Waals surface area (Å²) in [5, 5.41) is 20.3. The molecule has 0 unspecified atom stereocenters. The molecule has 3 aromatic carbocycles. The summed E-state index contributed by atoms with van der Waals surface area (Å²) in [7, 11) is 0. The number of phenols is 2. The van der Waals surface area contributed by atoms with Crippen molar-refractivity contribution in [2.75, 3.05) is 0 Å². The maximum Gasteiger partial charge on any atom is 0.417 e. The van der Waals surface area contributed by atoms with Crippen molar-refractivity contribution in [2.24, 2.45) is 0 Å². The van der Waals surface area contributed by atoms with Crippen LogP contribution in [0.5, 0.6) is 11.5 Å². The predicted octanol–water partition coefficient (Wildman–Crippen LogP) is 6.42. The molecule has 0 aliphatic heterocycles.